The number of aryl methyl sites for hydroxylation is 1. The van der Waals surface area contributed by atoms with Crippen LogP contribution in [0.1, 0.15) is 36.7 Å². The van der Waals surface area contributed by atoms with Crippen molar-refractivity contribution in [3.63, 3.8) is 0 Å². The summed E-state index contributed by atoms with van der Waals surface area (Å²) in [5.41, 5.74) is 2.43. The number of fused-ring (bicyclic) bond motifs is 1. The molecular formula is C19H29ClN4O2. The molecule has 1 aliphatic rings. The van der Waals surface area contributed by atoms with Gasteiger partial charge in [-0.2, -0.15) is 5.10 Å². The molecule has 7 heteroatoms. The van der Waals surface area contributed by atoms with Gasteiger partial charge in [-0.1, -0.05) is 0 Å². The Morgan fingerprint density at radius 2 is 2.12 bits per heavy atom. The Morgan fingerprint density at radius 3 is 2.73 bits per heavy atom. The van der Waals surface area contributed by atoms with Gasteiger partial charge in [0.25, 0.3) is 5.91 Å². The van der Waals surface area contributed by atoms with Crippen LogP contribution in [0, 0.1) is 12.8 Å². The fourth-order valence-corrected chi connectivity index (χ4v) is 2.98. The molecule has 6 nitrogen and oxygen atoms in total. The Kier molecular flexibility index (Phi) is 6.66. The topological polar surface area (TPSA) is 68.2 Å². The normalized spacial score (nSPS) is 14.8. The molecule has 26 heavy (non-hydrogen) atoms. The Labute approximate surface area is 161 Å². The predicted octanol–water partition coefficient (Wildman–Crippen LogP) is 2.53. The van der Waals surface area contributed by atoms with E-state index in [1.165, 1.54) is 0 Å². The second kappa shape index (κ2) is 8.37. The molecule has 2 heterocycles. The van der Waals surface area contributed by atoms with Crippen LogP contribution in [0.25, 0.3) is 10.9 Å². The van der Waals surface area contributed by atoms with Gasteiger partial charge in [0, 0.05) is 49.2 Å². The van der Waals surface area contributed by atoms with Crippen molar-refractivity contribution in [1.82, 2.24) is 20.4 Å². The standard InChI is InChI=1S/C19H28N4O2.ClH/c1-13-15(18(24)21-7-8-25-19(2,3)4)5-6-17-16(13)12-23(22-17)11-14-9-20-10-14;/h5-6,12,14,20H,7-11H2,1-4H3,(H,21,24);1H. The van der Waals surface area contributed by atoms with Crippen LogP contribution >= 0.6 is 12.4 Å². The number of halogens is 1. The molecule has 144 valence electrons. The summed E-state index contributed by atoms with van der Waals surface area (Å²) in [6, 6.07) is 3.79. The van der Waals surface area contributed by atoms with Crippen molar-refractivity contribution in [2.75, 3.05) is 26.2 Å². The first-order valence-electron chi connectivity index (χ1n) is 8.93. The molecule has 2 aromatic rings. The molecule has 1 saturated heterocycles. The van der Waals surface area contributed by atoms with Crippen LogP contribution in [0.2, 0.25) is 0 Å². The van der Waals surface area contributed by atoms with Gasteiger partial charge in [-0.3, -0.25) is 9.48 Å². The van der Waals surface area contributed by atoms with Gasteiger partial charge in [-0.25, -0.2) is 0 Å². The van der Waals surface area contributed by atoms with Crippen molar-refractivity contribution >= 4 is 29.2 Å². The average molecular weight is 381 g/mol. The van der Waals surface area contributed by atoms with Gasteiger partial charge in [0.05, 0.1) is 17.7 Å². The van der Waals surface area contributed by atoms with E-state index >= 15 is 0 Å². The zero-order valence-electron chi connectivity index (χ0n) is 16.0. The van der Waals surface area contributed by atoms with E-state index in [1.807, 2.05) is 44.5 Å². The highest BCUT2D eigenvalue weighted by atomic mass is 35.5. The summed E-state index contributed by atoms with van der Waals surface area (Å²) in [5, 5.41) is 11.9. The second-order valence-electron chi connectivity index (χ2n) is 7.76. The summed E-state index contributed by atoms with van der Waals surface area (Å²) in [6.45, 7) is 12.0. The third kappa shape index (κ3) is 4.96. The molecule has 3 rings (SSSR count). The lowest BCUT2D eigenvalue weighted by Crippen LogP contribution is -2.44. The molecule has 1 aliphatic heterocycles. The molecule has 0 aliphatic carbocycles. The van der Waals surface area contributed by atoms with Gasteiger partial charge in [0.1, 0.15) is 0 Å². The van der Waals surface area contributed by atoms with Crippen LogP contribution < -0.4 is 10.6 Å². The van der Waals surface area contributed by atoms with Gasteiger partial charge in [0.15, 0.2) is 0 Å². The lowest BCUT2D eigenvalue weighted by Gasteiger charge is -2.26. The summed E-state index contributed by atoms with van der Waals surface area (Å²) in [5.74, 6) is 0.591. The third-order valence-electron chi connectivity index (χ3n) is 4.48. The Hall–Kier alpha value is -1.63. The van der Waals surface area contributed by atoms with E-state index in [0.717, 1.165) is 36.1 Å². The number of benzene rings is 1. The van der Waals surface area contributed by atoms with Gasteiger partial charge in [0.2, 0.25) is 0 Å². The van der Waals surface area contributed by atoms with E-state index < -0.39 is 0 Å². The summed E-state index contributed by atoms with van der Waals surface area (Å²) >= 11 is 0. The molecule has 0 spiro atoms. The Bertz CT molecular complexity index is 763. The first-order valence-corrected chi connectivity index (χ1v) is 8.93. The molecule has 0 unspecified atom stereocenters. The van der Waals surface area contributed by atoms with E-state index in [9.17, 15) is 4.79 Å². The van der Waals surface area contributed by atoms with Crippen molar-refractivity contribution in [3.8, 4) is 0 Å². The maximum atomic E-state index is 12.5. The molecule has 0 radical (unpaired) electrons. The van der Waals surface area contributed by atoms with Gasteiger partial charge >= 0.3 is 0 Å². The minimum Gasteiger partial charge on any atom is -0.374 e. The predicted molar refractivity (Wildman–Crippen MR) is 106 cm³/mol. The van der Waals surface area contributed by atoms with Crippen LogP contribution in [-0.4, -0.2) is 47.5 Å². The van der Waals surface area contributed by atoms with Gasteiger partial charge in [-0.15, -0.1) is 12.4 Å². The first-order chi connectivity index (χ1) is 11.8. The van der Waals surface area contributed by atoms with Crippen molar-refractivity contribution in [3.05, 3.63) is 29.5 Å². The number of rotatable bonds is 6. The highest BCUT2D eigenvalue weighted by molar-refractivity contribution is 6.00. The second-order valence-corrected chi connectivity index (χ2v) is 7.76. The van der Waals surface area contributed by atoms with Crippen LogP contribution in [0.3, 0.4) is 0 Å². The molecule has 0 bridgehead atoms. The fourth-order valence-electron chi connectivity index (χ4n) is 2.98. The number of nitrogens with one attached hydrogen (secondary N) is 2. The number of hydrogen-bond donors (Lipinski definition) is 2. The summed E-state index contributed by atoms with van der Waals surface area (Å²) in [6.07, 6.45) is 2.06. The summed E-state index contributed by atoms with van der Waals surface area (Å²) in [7, 11) is 0. The van der Waals surface area contributed by atoms with Crippen LogP contribution in [0.4, 0.5) is 0 Å². The zero-order valence-corrected chi connectivity index (χ0v) is 16.8. The van der Waals surface area contributed by atoms with Crippen LogP contribution in [-0.2, 0) is 11.3 Å². The van der Waals surface area contributed by atoms with E-state index in [2.05, 4.69) is 21.9 Å². The SMILES string of the molecule is Cc1c(C(=O)NCCOC(C)(C)C)ccc2nn(CC3CNC3)cc12.Cl. The van der Waals surface area contributed by atoms with Crippen molar-refractivity contribution < 1.29 is 9.53 Å². The molecule has 1 fully saturated rings. The highest BCUT2D eigenvalue weighted by Crippen LogP contribution is 2.22. The molecule has 1 aromatic heterocycles. The minimum atomic E-state index is -0.190. The molecule has 0 atom stereocenters. The Morgan fingerprint density at radius 1 is 1.38 bits per heavy atom. The van der Waals surface area contributed by atoms with Gasteiger partial charge in [-0.05, 0) is 45.4 Å². The lowest BCUT2D eigenvalue weighted by molar-refractivity contribution is -0.000655. The van der Waals surface area contributed by atoms with Crippen molar-refractivity contribution in [2.24, 2.45) is 5.92 Å². The maximum Gasteiger partial charge on any atom is 0.251 e. The minimum absolute atomic E-state index is 0. The lowest BCUT2D eigenvalue weighted by atomic mass is 10.0. The molecule has 2 N–H and O–H groups in total. The first kappa shape index (κ1) is 20.7. The number of aromatic nitrogens is 2. The smallest absolute Gasteiger partial charge is 0.251 e. The maximum absolute atomic E-state index is 12.5. The molecule has 1 amide bonds. The summed E-state index contributed by atoms with van der Waals surface area (Å²) < 4.78 is 7.64. The molecular weight excluding hydrogens is 352 g/mol. The molecule has 0 saturated carbocycles. The summed E-state index contributed by atoms with van der Waals surface area (Å²) in [4.78, 5) is 12.5. The van der Waals surface area contributed by atoms with E-state index in [1.54, 1.807) is 0 Å². The largest absolute Gasteiger partial charge is 0.374 e. The van der Waals surface area contributed by atoms with E-state index in [0.29, 0.717) is 24.6 Å². The Balaban J connectivity index is 0.00000243. The van der Waals surface area contributed by atoms with E-state index in [-0.39, 0.29) is 23.9 Å². The zero-order chi connectivity index (χ0) is 18.0. The number of carbonyl (C=O) groups excluding carboxylic acids is 1. The van der Waals surface area contributed by atoms with Crippen LogP contribution in [0.5, 0.6) is 0 Å². The highest BCUT2D eigenvalue weighted by Gasteiger charge is 2.19. The quantitative estimate of drug-likeness (QED) is 0.755. The van der Waals surface area contributed by atoms with E-state index in [4.69, 9.17) is 4.74 Å². The number of carbonyl (C=O) groups is 1. The monoisotopic (exact) mass is 380 g/mol. The van der Waals surface area contributed by atoms with Crippen LogP contribution in [0.15, 0.2) is 18.3 Å². The number of hydrogen-bond acceptors (Lipinski definition) is 4. The third-order valence-corrected chi connectivity index (χ3v) is 4.48. The average Bonchev–Trinajstić information content (AvgIpc) is 2.90. The number of ether oxygens (including phenoxy) is 1. The van der Waals surface area contributed by atoms with Crippen molar-refractivity contribution in [1.29, 1.82) is 0 Å². The van der Waals surface area contributed by atoms with Crippen molar-refractivity contribution in [2.45, 2.75) is 39.8 Å². The number of nitrogens with zero attached hydrogens (tertiary/aromatic N) is 2. The fraction of sp³-hybridized carbons (Fsp3) is 0.579. The van der Waals surface area contributed by atoms with Gasteiger partial charge < -0.3 is 15.4 Å². The number of amides is 1. The molecule has 1 aromatic carbocycles.